The Morgan fingerprint density at radius 1 is 2.25 bits per heavy atom. The maximum absolute atomic E-state index is 5.91. The van der Waals surface area contributed by atoms with Crippen LogP contribution in [0.2, 0.25) is 0 Å². The summed E-state index contributed by atoms with van der Waals surface area (Å²) in [6.45, 7) is 1.58. The Morgan fingerprint density at radius 3 is 2.50 bits per heavy atom. The van der Waals surface area contributed by atoms with Crippen LogP contribution in [0.15, 0.2) is 4.90 Å². The van der Waals surface area contributed by atoms with E-state index in [2.05, 4.69) is 12.9 Å². The van der Waals surface area contributed by atoms with E-state index in [1.165, 1.54) is 0 Å². The molecule has 0 aromatic carbocycles. The van der Waals surface area contributed by atoms with E-state index in [0.717, 1.165) is 0 Å². The molecule has 4 heavy (non-hydrogen) atoms. The molecular weight excluding hydrogens is 75.9 g/mol. The molecule has 1 nitrogen and oxygen atoms in total. The first-order valence-electron chi connectivity index (χ1n) is 0.982. The summed E-state index contributed by atoms with van der Waals surface area (Å²) in [6, 6.07) is 0. The van der Waals surface area contributed by atoms with E-state index in [-0.39, 0.29) is 51.4 Å². The summed E-state index contributed by atoms with van der Waals surface area (Å²) in [5.74, 6) is 0. The van der Waals surface area contributed by atoms with Crippen LogP contribution in [-0.4, -0.2) is 14.7 Å². The monoisotopic (exact) mass is 78.0 g/mol. The Labute approximate surface area is 71.1 Å². The van der Waals surface area contributed by atoms with Gasteiger partial charge in [0.1, 0.15) is 0 Å². The van der Waals surface area contributed by atoms with Gasteiger partial charge in [-0.05, 0) is 0 Å². The standard InChI is InChI=1S/CHBN.K/c1-3-2;/h1H;/q-1;+1/i1D;. The van der Waals surface area contributed by atoms with Gasteiger partial charge in [0.05, 0.1) is 0 Å². The fourth-order valence-electron chi connectivity index (χ4n) is 0. The molecule has 0 aliphatic heterocycles. The maximum Gasteiger partial charge on any atom is 1.00 e. The zero-order chi connectivity index (χ0) is 3.41. The molecule has 0 fully saturated rings. The average molecular weight is 77.9 g/mol. The molecule has 0 amide bonds. The predicted molar refractivity (Wildman–Crippen MR) is 14.2 cm³/mol. The van der Waals surface area contributed by atoms with Gasteiger partial charge in [-0.1, -0.05) is 0 Å². The van der Waals surface area contributed by atoms with E-state index in [1.807, 2.05) is 0 Å². The molecule has 0 heterocycles. The molecular formula is CHBKN. The van der Waals surface area contributed by atoms with Gasteiger partial charge in [0.15, 0.2) is 0 Å². The van der Waals surface area contributed by atoms with Crippen LogP contribution in [0.1, 0.15) is 1.37 Å². The van der Waals surface area contributed by atoms with Crippen LogP contribution in [0.4, 0.5) is 0 Å². The van der Waals surface area contributed by atoms with Crippen molar-refractivity contribution in [2.24, 2.45) is 4.90 Å². The third-order valence-electron chi connectivity index (χ3n) is 0. The van der Waals surface area contributed by atoms with Gasteiger partial charge in [0.25, 0.3) is 0 Å². The summed E-state index contributed by atoms with van der Waals surface area (Å²) < 4.78 is 5.91. The minimum atomic E-state index is 0. The van der Waals surface area contributed by atoms with Gasteiger partial charge in [-0.25, -0.2) is 0 Å². The van der Waals surface area contributed by atoms with Crippen molar-refractivity contribution >= 4 is 14.7 Å². The third kappa shape index (κ3) is 10.1. The Bertz CT molecular complexity index is 26.8. The summed E-state index contributed by atoms with van der Waals surface area (Å²) in [5, 5.41) is 0. The third-order valence-corrected chi connectivity index (χ3v) is 0. The van der Waals surface area contributed by atoms with Crippen molar-refractivity contribution in [3.63, 3.8) is 0 Å². The molecule has 0 saturated carbocycles. The summed E-state index contributed by atoms with van der Waals surface area (Å²) in [7, 11) is 4.35. The quantitative estimate of drug-likeness (QED) is 0.163. The molecule has 0 aromatic heterocycles. The van der Waals surface area contributed by atoms with Crippen molar-refractivity contribution in [2.75, 3.05) is 0 Å². The molecule has 0 aromatic rings. The van der Waals surface area contributed by atoms with Crippen molar-refractivity contribution in [1.29, 1.82) is 0 Å². The molecule has 0 spiro atoms. The SMILES string of the molecule is [2H][C-]=N[B].[K+]. The molecule has 0 rings (SSSR count). The predicted octanol–water partition coefficient (Wildman–Crippen LogP) is -3.35. The van der Waals surface area contributed by atoms with E-state index in [9.17, 15) is 0 Å². The summed E-state index contributed by atoms with van der Waals surface area (Å²) in [6.07, 6.45) is 0. The van der Waals surface area contributed by atoms with Gasteiger partial charge in [0, 0.05) is 0 Å². The summed E-state index contributed by atoms with van der Waals surface area (Å²) in [5.41, 5.74) is 0. The molecule has 0 aliphatic rings. The van der Waals surface area contributed by atoms with Gasteiger partial charge < -0.3 is 11.6 Å². The van der Waals surface area contributed by atoms with Crippen LogP contribution >= 0.6 is 0 Å². The van der Waals surface area contributed by atoms with Gasteiger partial charge in [0.2, 0.25) is 7.98 Å². The first kappa shape index (κ1) is 5.37. The Kier molecular flexibility index (Phi) is 11.9. The molecule has 0 aliphatic carbocycles. The number of nitrogens with zero attached hydrogens (tertiary/aromatic N) is 1. The number of hydrogen-bond donors (Lipinski definition) is 0. The van der Waals surface area contributed by atoms with E-state index in [4.69, 9.17) is 1.37 Å². The van der Waals surface area contributed by atoms with Crippen molar-refractivity contribution in [3.05, 3.63) is 0 Å². The van der Waals surface area contributed by atoms with E-state index < -0.39 is 0 Å². The fourth-order valence-corrected chi connectivity index (χ4v) is 0. The minimum absolute atomic E-state index is 0. The van der Waals surface area contributed by atoms with Crippen LogP contribution < -0.4 is 51.4 Å². The largest absolute Gasteiger partial charge is 1.00 e. The normalized spacial score (nSPS) is 9.50. The fraction of sp³-hybridized carbons (Fsp3) is 0. The first-order chi connectivity index (χ1) is 1.91. The van der Waals surface area contributed by atoms with Crippen LogP contribution in [0.25, 0.3) is 0 Å². The van der Waals surface area contributed by atoms with Crippen LogP contribution in [0, 0.1) is 0 Å². The molecule has 2 radical (unpaired) electrons. The van der Waals surface area contributed by atoms with Crippen molar-refractivity contribution in [2.45, 2.75) is 0 Å². The number of hydrogen-bond acceptors (Lipinski definition) is 1. The Balaban J connectivity index is 0. The number of rotatable bonds is 0. The first-order valence-corrected chi connectivity index (χ1v) is 0.482. The van der Waals surface area contributed by atoms with Crippen LogP contribution in [0.3, 0.4) is 0 Å². The second-order valence-electron chi connectivity index (χ2n) is 0.129. The van der Waals surface area contributed by atoms with Crippen molar-refractivity contribution < 1.29 is 52.8 Å². The molecule has 14 valence electrons. The second kappa shape index (κ2) is 8.84. The maximum atomic E-state index is 5.91. The molecule has 0 N–H and O–H groups in total. The average Bonchev–Trinajstić information content (AvgIpc) is 1.37. The topological polar surface area (TPSA) is 12.4 Å². The van der Waals surface area contributed by atoms with Gasteiger partial charge >= 0.3 is 51.4 Å². The van der Waals surface area contributed by atoms with Crippen molar-refractivity contribution in [3.8, 4) is 0 Å². The van der Waals surface area contributed by atoms with Crippen molar-refractivity contribution in [1.82, 2.24) is 0 Å². The van der Waals surface area contributed by atoms with E-state index >= 15 is 0 Å². The molecule has 3 heteroatoms. The zero-order valence-electron chi connectivity index (χ0n) is 3.52. The van der Waals surface area contributed by atoms with E-state index in [0.29, 0.717) is 0 Å². The molecule has 0 bridgehead atoms. The van der Waals surface area contributed by atoms with Crippen LogP contribution in [0.5, 0.6) is 0 Å². The summed E-state index contributed by atoms with van der Waals surface area (Å²) >= 11 is 0. The smallest absolute Gasteiger partial charge is 0.572 e. The zero-order valence-corrected chi connectivity index (χ0v) is 5.65. The Hall–Kier alpha value is 1.37. The molecule has 0 saturated heterocycles. The minimum Gasteiger partial charge on any atom is -0.572 e. The van der Waals surface area contributed by atoms with Gasteiger partial charge in [-0.2, -0.15) is 1.37 Å². The van der Waals surface area contributed by atoms with Crippen LogP contribution in [-0.2, 0) is 0 Å². The second-order valence-corrected chi connectivity index (χ2v) is 0.129. The summed E-state index contributed by atoms with van der Waals surface area (Å²) in [4.78, 5) is 2.65. The van der Waals surface area contributed by atoms with Gasteiger partial charge in [-0.3, -0.25) is 0 Å². The Morgan fingerprint density at radius 2 is 2.50 bits per heavy atom. The van der Waals surface area contributed by atoms with E-state index in [1.54, 1.807) is 6.69 Å². The molecule has 0 atom stereocenters. The molecule has 0 unspecified atom stereocenters. The van der Waals surface area contributed by atoms with Gasteiger partial charge in [-0.15, -0.1) is 0 Å².